The van der Waals surface area contributed by atoms with E-state index in [0.717, 1.165) is 17.4 Å². The van der Waals surface area contributed by atoms with Crippen molar-refractivity contribution in [2.45, 2.75) is 11.1 Å². The zero-order valence-electron chi connectivity index (χ0n) is 10.5. The highest BCUT2D eigenvalue weighted by Gasteiger charge is 2.23. The molecule has 21 heavy (non-hydrogen) atoms. The molecule has 1 aromatic heterocycles. The lowest BCUT2D eigenvalue weighted by Crippen LogP contribution is -2.13. The number of hydrogen-bond acceptors (Lipinski definition) is 7. The van der Waals surface area contributed by atoms with E-state index in [-0.39, 0.29) is 26.4 Å². The summed E-state index contributed by atoms with van der Waals surface area (Å²) < 4.78 is 27.2. The molecule has 0 saturated carbocycles. The Hall–Kier alpha value is -1.72. The topological polar surface area (TPSA) is 128 Å². The molecule has 3 N–H and O–H groups in total. The number of nitro groups is 1. The van der Waals surface area contributed by atoms with Gasteiger partial charge in [-0.25, -0.2) is 13.4 Å². The standard InChI is InChI=1S/C10H9BrN4O4S2/c1-5-9(20-10(12)13-5)21(18,19)14-8-4-6(15(16)17)2-3-7(8)11/h2-4,14H,1H3,(H2,12,13). The minimum absolute atomic E-state index is 0.0293. The van der Waals surface area contributed by atoms with Gasteiger partial charge in [-0.05, 0) is 28.9 Å². The van der Waals surface area contributed by atoms with E-state index in [1.807, 2.05) is 0 Å². The molecule has 0 bridgehead atoms. The zero-order chi connectivity index (χ0) is 15.8. The summed E-state index contributed by atoms with van der Waals surface area (Å²) in [6.45, 7) is 1.52. The second-order valence-electron chi connectivity index (χ2n) is 3.95. The van der Waals surface area contributed by atoms with Crippen LogP contribution >= 0.6 is 27.3 Å². The van der Waals surface area contributed by atoms with E-state index in [4.69, 9.17) is 5.73 Å². The lowest BCUT2D eigenvalue weighted by molar-refractivity contribution is -0.384. The van der Waals surface area contributed by atoms with E-state index in [1.54, 1.807) is 0 Å². The van der Waals surface area contributed by atoms with Crippen LogP contribution in [0.4, 0.5) is 16.5 Å². The van der Waals surface area contributed by atoms with Gasteiger partial charge in [-0.1, -0.05) is 11.3 Å². The highest BCUT2D eigenvalue weighted by Crippen LogP contribution is 2.31. The maximum Gasteiger partial charge on any atom is 0.273 e. The monoisotopic (exact) mass is 392 g/mol. The normalized spacial score (nSPS) is 11.3. The van der Waals surface area contributed by atoms with Gasteiger partial charge in [0.25, 0.3) is 15.7 Å². The SMILES string of the molecule is Cc1nc(N)sc1S(=O)(=O)Nc1cc([N+](=O)[O-])ccc1Br. The summed E-state index contributed by atoms with van der Waals surface area (Å²) in [5, 5.41) is 10.9. The predicted molar refractivity (Wildman–Crippen MR) is 82.9 cm³/mol. The number of nitrogen functional groups attached to an aromatic ring is 1. The number of sulfonamides is 1. The molecular weight excluding hydrogens is 384 g/mol. The van der Waals surface area contributed by atoms with Crippen molar-refractivity contribution in [3.63, 3.8) is 0 Å². The molecule has 0 saturated heterocycles. The van der Waals surface area contributed by atoms with E-state index in [1.165, 1.54) is 19.1 Å². The van der Waals surface area contributed by atoms with Crippen LogP contribution in [0.5, 0.6) is 0 Å². The van der Waals surface area contributed by atoms with E-state index >= 15 is 0 Å². The number of nitrogens with zero attached hydrogens (tertiary/aromatic N) is 2. The van der Waals surface area contributed by atoms with Crippen LogP contribution in [0.2, 0.25) is 0 Å². The van der Waals surface area contributed by atoms with Gasteiger partial charge in [-0.15, -0.1) is 0 Å². The maximum atomic E-state index is 12.3. The highest BCUT2D eigenvalue weighted by atomic mass is 79.9. The predicted octanol–water partition coefficient (Wildman–Crippen LogP) is 2.51. The first-order valence-corrected chi connectivity index (χ1v) is 8.49. The number of anilines is 2. The van der Waals surface area contributed by atoms with Crippen LogP contribution in [0.15, 0.2) is 26.9 Å². The van der Waals surface area contributed by atoms with Gasteiger partial charge >= 0.3 is 0 Å². The summed E-state index contributed by atoms with van der Waals surface area (Å²) in [5.74, 6) is 0. The zero-order valence-corrected chi connectivity index (χ0v) is 13.8. The lowest BCUT2D eigenvalue weighted by Gasteiger charge is -2.08. The third kappa shape index (κ3) is 3.31. The molecule has 11 heteroatoms. The molecular formula is C10H9BrN4O4S2. The second-order valence-corrected chi connectivity index (χ2v) is 7.71. The second kappa shape index (κ2) is 5.58. The lowest BCUT2D eigenvalue weighted by atomic mass is 10.3. The van der Waals surface area contributed by atoms with E-state index < -0.39 is 14.9 Å². The molecule has 2 aromatic rings. The quantitative estimate of drug-likeness (QED) is 0.607. The van der Waals surface area contributed by atoms with Gasteiger partial charge in [-0.3, -0.25) is 14.8 Å². The fourth-order valence-corrected chi connectivity index (χ4v) is 4.40. The minimum atomic E-state index is -3.91. The molecule has 0 fully saturated rings. The van der Waals surface area contributed by atoms with Crippen LogP contribution < -0.4 is 10.5 Å². The molecule has 2 rings (SSSR count). The molecule has 0 spiro atoms. The first-order valence-electron chi connectivity index (χ1n) is 5.40. The van der Waals surface area contributed by atoms with E-state index in [9.17, 15) is 18.5 Å². The Bertz CT molecular complexity index is 818. The Morgan fingerprint density at radius 3 is 2.67 bits per heavy atom. The number of hydrogen-bond donors (Lipinski definition) is 2. The summed E-state index contributed by atoms with van der Waals surface area (Å²) in [7, 11) is -3.91. The van der Waals surface area contributed by atoms with Crippen LogP contribution in [0.25, 0.3) is 0 Å². The van der Waals surface area contributed by atoms with Gasteiger partial charge in [0.2, 0.25) is 0 Å². The van der Waals surface area contributed by atoms with Crippen LogP contribution in [0.1, 0.15) is 5.69 Å². The number of aromatic nitrogens is 1. The Kier molecular flexibility index (Phi) is 4.16. The summed E-state index contributed by atoms with van der Waals surface area (Å²) in [5.41, 5.74) is 5.59. The summed E-state index contributed by atoms with van der Waals surface area (Å²) >= 11 is 3.97. The fourth-order valence-electron chi connectivity index (χ4n) is 1.55. The molecule has 0 aliphatic carbocycles. The Morgan fingerprint density at radius 1 is 1.48 bits per heavy atom. The number of non-ortho nitro benzene ring substituents is 1. The number of nitrogens with one attached hydrogen (secondary N) is 1. The van der Waals surface area contributed by atoms with Crippen molar-refractivity contribution in [2.24, 2.45) is 0 Å². The van der Waals surface area contributed by atoms with E-state index in [0.29, 0.717) is 4.47 Å². The van der Waals surface area contributed by atoms with Crippen LogP contribution in [-0.4, -0.2) is 18.3 Å². The van der Waals surface area contributed by atoms with Crippen molar-refractivity contribution in [1.82, 2.24) is 4.98 Å². The number of thiazole rings is 1. The molecule has 0 radical (unpaired) electrons. The van der Waals surface area contributed by atoms with Crippen LogP contribution in [-0.2, 0) is 10.0 Å². The number of benzene rings is 1. The molecule has 1 heterocycles. The average Bonchev–Trinajstić information content (AvgIpc) is 2.71. The molecule has 0 amide bonds. The number of nitrogens with two attached hydrogens (primary N) is 1. The van der Waals surface area contributed by atoms with Crippen LogP contribution in [0, 0.1) is 17.0 Å². The number of rotatable bonds is 4. The molecule has 8 nitrogen and oxygen atoms in total. The molecule has 112 valence electrons. The third-order valence-corrected chi connectivity index (χ3v) is 6.07. The third-order valence-electron chi connectivity index (χ3n) is 2.42. The van der Waals surface area contributed by atoms with Crippen molar-refractivity contribution in [1.29, 1.82) is 0 Å². The summed E-state index contributed by atoms with van der Waals surface area (Å²) in [6, 6.07) is 3.78. The number of halogens is 1. The molecule has 0 atom stereocenters. The first kappa shape index (κ1) is 15.7. The number of nitro benzene ring substituents is 1. The Balaban J connectivity index is 2.43. The van der Waals surface area contributed by atoms with Crippen molar-refractivity contribution in [3.8, 4) is 0 Å². The van der Waals surface area contributed by atoms with Crippen molar-refractivity contribution >= 4 is 53.8 Å². The van der Waals surface area contributed by atoms with Gasteiger partial charge in [0.15, 0.2) is 9.34 Å². The van der Waals surface area contributed by atoms with Gasteiger partial charge in [0, 0.05) is 16.6 Å². The Morgan fingerprint density at radius 2 is 2.14 bits per heavy atom. The van der Waals surface area contributed by atoms with Gasteiger partial charge in [0.1, 0.15) is 0 Å². The largest absolute Gasteiger partial charge is 0.375 e. The average molecular weight is 393 g/mol. The van der Waals surface area contributed by atoms with Gasteiger partial charge in [0.05, 0.1) is 16.3 Å². The molecule has 0 aliphatic heterocycles. The molecule has 0 aliphatic rings. The first-order chi connectivity index (χ1) is 9.70. The van der Waals surface area contributed by atoms with E-state index in [2.05, 4.69) is 25.6 Å². The van der Waals surface area contributed by atoms with Crippen LogP contribution in [0.3, 0.4) is 0 Å². The fraction of sp³-hybridized carbons (Fsp3) is 0.100. The highest BCUT2D eigenvalue weighted by molar-refractivity contribution is 9.10. The number of aryl methyl sites for hydroxylation is 1. The minimum Gasteiger partial charge on any atom is -0.375 e. The van der Waals surface area contributed by atoms with Gasteiger partial charge in [-0.2, -0.15) is 0 Å². The molecule has 0 unspecified atom stereocenters. The molecule has 1 aromatic carbocycles. The van der Waals surface area contributed by atoms with Crippen molar-refractivity contribution < 1.29 is 13.3 Å². The smallest absolute Gasteiger partial charge is 0.273 e. The Labute approximate surface area is 132 Å². The van der Waals surface area contributed by atoms with Crippen molar-refractivity contribution in [3.05, 3.63) is 38.5 Å². The van der Waals surface area contributed by atoms with Crippen molar-refractivity contribution in [2.75, 3.05) is 10.5 Å². The van der Waals surface area contributed by atoms with Gasteiger partial charge < -0.3 is 5.73 Å². The maximum absolute atomic E-state index is 12.3. The summed E-state index contributed by atoms with van der Waals surface area (Å²) in [4.78, 5) is 14.0. The summed E-state index contributed by atoms with van der Waals surface area (Å²) in [6.07, 6.45) is 0.